The first-order valence-corrected chi connectivity index (χ1v) is 8.61. The van der Waals surface area contributed by atoms with Gasteiger partial charge in [-0.2, -0.15) is 0 Å². The zero-order valence-electron chi connectivity index (χ0n) is 15.5. The molecule has 5 nitrogen and oxygen atoms in total. The van der Waals surface area contributed by atoms with E-state index < -0.39 is 5.60 Å². The van der Waals surface area contributed by atoms with Crippen molar-refractivity contribution in [2.24, 2.45) is 0 Å². The molecule has 0 atom stereocenters. The van der Waals surface area contributed by atoms with Crippen molar-refractivity contribution in [1.82, 2.24) is 0 Å². The van der Waals surface area contributed by atoms with Crippen LogP contribution < -0.4 is 10.6 Å². The van der Waals surface area contributed by atoms with Crippen molar-refractivity contribution in [2.75, 3.05) is 10.6 Å². The van der Waals surface area contributed by atoms with E-state index in [2.05, 4.69) is 10.6 Å². The second kappa shape index (κ2) is 8.83. The molecule has 0 bridgehead atoms. The highest BCUT2D eigenvalue weighted by atomic mass is 16.3. The standard InChI is InChI=1S/C19H30N2O3/c1-6-8-19(24,9-7-2)12-17(23)21-16-10-13(3)18(14(4)11-16)20-15(5)22/h10-11,24H,6-9,12H2,1-5H3,(H,20,22)(H,21,23). The first kappa shape index (κ1) is 20.2. The molecule has 0 aliphatic rings. The minimum absolute atomic E-state index is 0.0974. The summed E-state index contributed by atoms with van der Waals surface area (Å²) in [6.07, 6.45) is 3.02. The molecular weight excluding hydrogens is 304 g/mol. The smallest absolute Gasteiger partial charge is 0.227 e. The number of amides is 2. The number of hydrogen-bond acceptors (Lipinski definition) is 3. The van der Waals surface area contributed by atoms with E-state index in [9.17, 15) is 14.7 Å². The molecule has 0 aliphatic heterocycles. The highest BCUT2D eigenvalue weighted by Gasteiger charge is 2.28. The number of carbonyl (C=O) groups is 2. The molecule has 134 valence electrons. The van der Waals surface area contributed by atoms with Gasteiger partial charge >= 0.3 is 0 Å². The van der Waals surface area contributed by atoms with Gasteiger partial charge in [-0.05, 0) is 49.9 Å². The van der Waals surface area contributed by atoms with Gasteiger partial charge in [-0.1, -0.05) is 26.7 Å². The summed E-state index contributed by atoms with van der Waals surface area (Å²) in [4.78, 5) is 23.6. The third-order valence-electron chi connectivity index (χ3n) is 4.04. The van der Waals surface area contributed by atoms with Gasteiger partial charge in [-0.3, -0.25) is 9.59 Å². The fraction of sp³-hybridized carbons (Fsp3) is 0.579. The second-order valence-electron chi connectivity index (χ2n) is 6.62. The third-order valence-corrected chi connectivity index (χ3v) is 4.04. The maximum Gasteiger partial charge on any atom is 0.227 e. The average Bonchev–Trinajstić information content (AvgIpc) is 2.42. The molecule has 1 rings (SSSR count). The summed E-state index contributed by atoms with van der Waals surface area (Å²) in [5.41, 5.74) is 2.29. The molecular formula is C19H30N2O3. The lowest BCUT2D eigenvalue weighted by Gasteiger charge is -2.27. The van der Waals surface area contributed by atoms with Crippen LogP contribution in [-0.4, -0.2) is 22.5 Å². The van der Waals surface area contributed by atoms with Gasteiger partial charge in [0.15, 0.2) is 0 Å². The van der Waals surface area contributed by atoms with Gasteiger partial charge in [0, 0.05) is 18.3 Å². The van der Waals surface area contributed by atoms with Gasteiger partial charge in [0.1, 0.15) is 0 Å². The Kier molecular flexibility index (Phi) is 7.42. The molecule has 0 fully saturated rings. The Balaban J connectivity index is 2.85. The van der Waals surface area contributed by atoms with Crippen molar-refractivity contribution >= 4 is 23.2 Å². The summed E-state index contributed by atoms with van der Waals surface area (Å²) in [7, 11) is 0. The number of carbonyl (C=O) groups excluding carboxylic acids is 2. The molecule has 5 heteroatoms. The monoisotopic (exact) mass is 334 g/mol. The predicted octanol–water partition coefficient (Wildman–Crippen LogP) is 3.92. The third kappa shape index (κ3) is 5.96. The van der Waals surface area contributed by atoms with Crippen LogP contribution in [0.3, 0.4) is 0 Å². The summed E-state index contributed by atoms with van der Waals surface area (Å²) in [5.74, 6) is -0.312. The Hall–Kier alpha value is -1.88. The number of benzene rings is 1. The van der Waals surface area contributed by atoms with Crippen molar-refractivity contribution in [3.8, 4) is 0 Å². The number of nitrogens with one attached hydrogen (secondary N) is 2. The van der Waals surface area contributed by atoms with Crippen molar-refractivity contribution in [3.63, 3.8) is 0 Å². The van der Waals surface area contributed by atoms with Crippen LogP contribution in [0.2, 0.25) is 0 Å². The molecule has 1 aromatic rings. The number of aliphatic hydroxyl groups is 1. The first-order chi connectivity index (χ1) is 11.2. The fourth-order valence-corrected chi connectivity index (χ4v) is 3.15. The number of aryl methyl sites for hydroxylation is 2. The van der Waals surface area contributed by atoms with E-state index in [0.29, 0.717) is 18.5 Å². The van der Waals surface area contributed by atoms with E-state index in [0.717, 1.165) is 29.7 Å². The lowest BCUT2D eigenvalue weighted by molar-refractivity contribution is -0.121. The Morgan fingerprint density at radius 2 is 1.54 bits per heavy atom. The summed E-state index contributed by atoms with van der Waals surface area (Å²) in [6.45, 7) is 9.26. The van der Waals surface area contributed by atoms with E-state index in [4.69, 9.17) is 0 Å². The quantitative estimate of drug-likeness (QED) is 0.674. The maximum absolute atomic E-state index is 12.3. The highest BCUT2D eigenvalue weighted by Crippen LogP contribution is 2.27. The van der Waals surface area contributed by atoms with Gasteiger partial charge in [0.25, 0.3) is 0 Å². The second-order valence-corrected chi connectivity index (χ2v) is 6.62. The Morgan fingerprint density at radius 3 is 1.96 bits per heavy atom. The van der Waals surface area contributed by atoms with Crippen molar-refractivity contribution in [1.29, 1.82) is 0 Å². The highest BCUT2D eigenvalue weighted by molar-refractivity contribution is 5.94. The topological polar surface area (TPSA) is 78.4 Å². The summed E-state index contributed by atoms with van der Waals surface area (Å²) in [5, 5.41) is 16.3. The molecule has 24 heavy (non-hydrogen) atoms. The Labute approximate surface area is 144 Å². The van der Waals surface area contributed by atoms with Crippen molar-refractivity contribution < 1.29 is 14.7 Å². The van der Waals surface area contributed by atoms with Crippen LogP contribution in [0.4, 0.5) is 11.4 Å². The normalized spacial score (nSPS) is 11.2. The van der Waals surface area contributed by atoms with Crippen LogP contribution in [0.5, 0.6) is 0 Å². The van der Waals surface area contributed by atoms with E-state index >= 15 is 0 Å². The molecule has 0 aromatic heterocycles. The zero-order valence-corrected chi connectivity index (χ0v) is 15.5. The van der Waals surface area contributed by atoms with Crippen LogP contribution in [0.1, 0.15) is 64.0 Å². The summed E-state index contributed by atoms with van der Waals surface area (Å²) >= 11 is 0. The SMILES string of the molecule is CCCC(O)(CCC)CC(=O)Nc1cc(C)c(NC(C)=O)c(C)c1. The van der Waals surface area contributed by atoms with E-state index in [1.165, 1.54) is 6.92 Å². The lowest BCUT2D eigenvalue weighted by atomic mass is 9.89. The van der Waals surface area contributed by atoms with E-state index in [-0.39, 0.29) is 18.2 Å². The molecule has 3 N–H and O–H groups in total. The molecule has 0 saturated carbocycles. The minimum Gasteiger partial charge on any atom is -0.389 e. The molecule has 0 radical (unpaired) electrons. The number of hydrogen-bond donors (Lipinski definition) is 3. The van der Waals surface area contributed by atoms with Gasteiger partial charge in [0.2, 0.25) is 11.8 Å². The van der Waals surface area contributed by atoms with Gasteiger partial charge in [-0.15, -0.1) is 0 Å². The van der Waals surface area contributed by atoms with Crippen molar-refractivity contribution in [3.05, 3.63) is 23.3 Å². The Morgan fingerprint density at radius 1 is 1.04 bits per heavy atom. The summed E-state index contributed by atoms with van der Waals surface area (Å²) in [6, 6.07) is 3.66. The van der Waals surface area contributed by atoms with Crippen LogP contribution >= 0.6 is 0 Å². The van der Waals surface area contributed by atoms with Crippen LogP contribution in [0, 0.1) is 13.8 Å². The maximum atomic E-state index is 12.3. The molecule has 0 unspecified atom stereocenters. The van der Waals surface area contributed by atoms with Crippen LogP contribution in [0.15, 0.2) is 12.1 Å². The minimum atomic E-state index is -0.937. The molecule has 0 heterocycles. The van der Waals surface area contributed by atoms with E-state index in [1.54, 1.807) is 0 Å². The number of anilines is 2. The molecule has 0 spiro atoms. The van der Waals surface area contributed by atoms with Gasteiger partial charge < -0.3 is 15.7 Å². The van der Waals surface area contributed by atoms with Gasteiger partial charge in [0.05, 0.1) is 12.0 Å². The molecule has 0 saturated heterocycles. The summed E-state index contributed by atoms with van der Waals surface area (Å²) < 4.78 is 0. The average molecular weight is 334 g/mol. The predicted molar refractivity (Wildman–Crippen MR) is 98.2 cm³/mol. The molecule has 0 aliphatic carbocycles. The van der Waals surface area contributed by atoms with Crippen LogP contribution in [-0.2, 0) is 9.59 Å². The first-order valence-electron chi connectivity index (χ1n) is 8.61. The van der Waals surface area contributed by atoms with Gasteiger partial charge in [-0.25, -0.2) is 0 Å². The lowest BCUT2D eigenvalue weighted by Crippen LogP contribution is -2.33. The fourth-order valence-electron chi connectivity index (χ4n) is 3.15. The Bertz CT molecular complexity index is 567. The molecule has 1 aromatic carbocycles. The largest absolute Gasteiger partial charge is 0.389 e. The van der Waals surface area contributed by atoms with Crippen LogP contribution in [0.25, 0.3) is 0 Å². The van der Waals surface area contributed by atoms with E-state index in [1.807, 2.05) is 39.8 Å². The number of rotatable bonds is 8. The molecule has 2 amide bonds. The van der Waals surface area contributed by atoms with Crippen molar-refractivity contribution in [2.45, 2.75) is 72.3 Å². The zero-order chi connectivity index (χ0) is 18.3.